The van der Waals surface area contributed by atoms with E-state index in [1.807, 2.05) is 25.1 Å². The van der Waals surface area contributed by atoms with E-state index in [4.69, 9.17) is 45.1 Å². The number of halogens is 1. The van der Waals surface area contributed by atoms with Gasteiger partial charge in [-0.1, -0.05) is 17.7 Å². The second kappa shape index (κ2) is 15.4. The van der Waals surface area contributed by atoms with Gasteiger partial charge in [-0.25, -0.2) is 4.90 Å². The van der Waals surface area contributed by atoms with Crippen LogP contribution in [0, 0.1) is 12.8 Å². The Balaban J connectivity index is 1.21. The summed E-state index contributed by atoms with van der Waals surface area (Å²) in [6.45, 7) is 5.41. The molecule has 0 saturated carbocycles. The van der Waals surface area contributed by atoms with Crippen LogP contribution in [-0.2, 0) is 23.7 Å². The number of fused-ring (bicyclic) bond motifs is 2. The zero-order valence-corrected chi connectivity index (χ0v) is 27.9. The first-order chi connectivity index (χ1) is 23.8. The molecule has 3 amide bonds. The van der Waals surface area contributed by atoms with Crippen molar-refractivity contribution in [3.05, 3.63) is 93.7 Å². The summed E-state index contributed by atoms with van der Waals surface area (Å²) in [6, 6.07) is 15.2. The van der Waals surface area contributed by atoms with E-state index in [1.165, 1.54) is 6.07 Å². The van der Waals surface area contributed by atoms with Crippen LogP contribution in [-0.4, -0.2) is 75.6 Å². The molecule has 3 aliphatic rings. The Labute approximate surface area is 288 Å². The lowest BCUT2D eigenvalue weighted by molar-refractivity contribution is -0.166. The van der Waals surface area contributed by atoms with Crippen molar-refractivity contribution in [2.75, 3.05) is 56.7 Å². The summed E-state index contributed by atoms with van der Waals surface area (Å²) < 4.78 is 34.5. The minimum atomic E-state index is -0.758. The third kappa shape index (κ3) is 7.43. The molecule has 0 saturated heterocycles. The summed E-state index contributed by atoms with van der Waals surface area (Å²) in [6.07, 6.45) is 1.58. The first-order valence-corrected chi connectivity index (χ1v) is 16.4. The minimum Gasteiger partial charge on any atom is -0.459 e. The van der Waals surface area contributed by atoms with Gasteiger partial charge in [-0.3, -0.25) is 14.4 Å². The Hall–Kier alpha value is -4.46. The van der Waals surface area contributed by atoms with Gasteiger partial charge in [0.1, 0.15) is 0 Å². The standard InChI is InChI=1S/C36H37ClN2O10/c1-3-46-36-26(10-12-44-14-15-45-13-11-40)27(22-4-9-30-31(17-22)48-20-47-30)19-32(49-36)33(41)38-24-6-8-29(21(2)16-24)39-34(42)25-7-5-23(37)18-28(25)35(39)43/h4-9,16-19,26-27,36,40H,3,10-15,20H2,1-2H3,(H,38,41). The molecule has 0 aliphatic carbocycles. The Bertz CT molecular complexity index is 1760. The zero-order valence-electron chi connectivity index (χ0n) is 27.1. The van der Waals surface area contributed by atoms with Crippen molar-refractivity contribution in [2.45, 2.75) is 32.5 Å². The van der Waals surface area contributed by atoms with Crippen LogP contribution < -0.4 is 19.7 Å². The maximum Gasteiger partial charge on any atom is 0.290 e. The van der Waals surface area contributed by atoms with Crippen molar-refractivity contribution in [3.8, 4) is 11.5 Å². The van der Waals surface area contributed by atoms with Crippen molar-refractivity contribution in [1.82, 2.24) is 0 Å². The van der Waals surface area contributed by atoms with E-state index in [-0.39, 0.29) is 48.7 Å². The number of aryl methyl sites for hydroxylation is 1. The number of carbonyl (C=O) groups is 3. The number of nitrogens with zero attached hydrogens (tertiary/aromatic N) is 1. The van der Waals surface area contributed by atoms with Crippen LogP contribution >= 0.6 is 11.6 Å². The number of aliphatic hydroxyl groups excluding tert-OH is 1. The maximum atomic E-state index is 13.7. The highest BCUT2D eigenvalue weighted by Gasteiger charge is 2.40. The molecule has 0 bridgehead atoms. The van der Waals surface area contributed by atoms with Crippen LogP contribution in [0.4, 0.5) is 11.4 Å². The number of rotatable bonds is 14. The smallest absolute Gasteiger partial charge is 0.290 e. The number of imide groups is 1. The van der Waals surface area contributed by atoms with Gasteiger partial charge < -0.3 is 38.8 Å². The van der Waals surface area contributed by atoms with Crippen LogP contribution in [0.25, 0.3) is 0 Å². The molecule has 0 fully saturated rings. The summed E-state index contributed by atoms with van der Waals surface area (Å²) in [5.41, 5.74) is 2.86. The number of amides is 3. The predicted molar refractivity (Wildman–Crippen MR) is 179 cm³/mol. The molecule has 3 aliphatic heterocycles. The van der Waals surface area contributed by atoms with Gasteiger partial charge in [0.05, 0.1) is 43.2 Å². The summed E-state index contributed by atoms with van der Waals surface area (Å²) in [4.78, 5) is 41.1. The van der Waals surface area contributed by atoms with Crippen LogP contribution in [0.3, 0.4) is 0 Å². The number of allylic oxidation sites excluding steroid dienone is 1. The molecule has 13 heteroatoms. The Morgan fingerprint density at radius 3 is 2.51 bits per heavy atom. The lowest BCUT2D eigenvalue weighted by atomic mass is 9.81. The van der Waals surface area contributed by atoms with Crippen LogP contribution in [0.2, 0.25) is 5.02 Å². The number of hydrogen-bond donors (Lipinski definition) is 2. The highest BCUT2D eigenvalue weighted by molar-refractivity contribution is 6.37. The van der Waals surface area contributed by atoms with Crippen LogP contribution in [0.15, 0.2) is 66.4 Å². The van der Waals surface area contributed by atoms with Gasteiger partial charge in [-0.15, -0.1) is 0 Å². The van der Waals surface area contributed by atoms with Gasteiger partial charge >= 0.3 is 0 Å². The van der Waals surface area contributed by atoms with E-state index in [1.54, 1.807) is 43.3 Å². The summed E-state index contributed by atoms with van der Waals surface area (Å²) in [5, 5.41) is 12.2. The fourth-order valence-corrected chi connectivity index (χ4v) is 6.33. The first-order valence-electron chi connectivity index (χ1n) is 16.0. The monoisotopic (exact) mass is 692 g/mol. The molecule has 3 heterocycles. The lowest BCUT2D eigenvalue weighted by Crippen LogP contribution is -2.38. The average molecular weight is 693 g/mol. The molecule has 0 aromatic heterocycles. The van der Waals surface area contributed by atoms with Crippen molar-refractivity contribution >= 4 is 40.7 Å². The molecule has 3 aromatic carbocycles. The van der Waals surface area contributed by atoms with Gasteiger partial charge in [-0.2, -0.15) is 0 Å². The number of aliphatic hydroxyl groups is 1. The van der Waals surface area contributed by atoms with Gasteiger partial charge in [0, 0.05) is 35.8 Å². The molecule has 3 aromatic rings. The number of benzene rings is 3. The fraction of sp³-hybridized carbons (Fsp3) is 0.361. The first kappa shape index (κ1) is 34.4. The lowest BCUT2D eigenvalue weighted by Gasteiger charge is -2.37. The molecule has 2 N–H and O–H groups in total. The maximum absolute atomic E-state index is 13.7. The Kier molecular flexibility index (Phi) is 10.8. The minimum absolute atomic E-state index is 0.0498. The summed E-state index contributed by atoms with van der Waals surface area (Å²) in [5.74, 6) is -0.579. The predicted octanol–water partition coefficient (Wildman–Crippen LogP) is 5.21. The van der Waals surface area contributed by atoms with Crippen molar-refractivity contribution in [3.63, 3.8) is 0 Å². The largest absolute Gasteiger partial charge is 0.459 e. The van der Waals surface area contributed by atoms with E-state index in [2.05, 4.69) is 5.32 Å². The SMILES string of the molecule is CCOC1OC(C(=O)Nc2ccc(N3C(=O)c4ccc(Cl)cc4C3=O)c(C)c2)=CC(c2ccc3c(c2)OCO3)C1CCOCCOCCO. The Morgan fingerprint density at radius 2 is 1.73 bits per heavy atom. The van der Waals surface area contributed by atoms with E-state index in [0.29, 0.717) is 66.3 Å². The van der Waals surface area contributed by atoms with E-state index in [0.717, 1.165) is 10.5 Å². The van der Waals surface area contributed by atoms with Crippen molar-refractivity contribution in [1.29, 1.82) is 0 Å². The van der Waals surface area contributed by atoms with Crippen LogP contribution in [0.5, 0.6) is 11.5 Å². The number of hydrogen-bond acceptors (Lipinski definition) is 10. The average Bonchev–Trinajstić information content (AvgIpc) is 3.66. The van der Waals surface area contributed by atoms with Gasteiger partial charge in [0.25, 0.3) is 17.7 Å². The molecule has 3 atom stereocenters. The van der Waals surface area contributed by atoms with E-state index >= 15 is 0 Å². The van der Waals surface area contributed by atoms with E-state index < -0.39 is 24.0 Å². The summed E-state index contributed by atoms with van der Waals surface area (Å²) >= 11 is 6.07. The molecule has 0 spiro atoms. The van der Waals surface area contributed by atoms with Crippen molar-refractivity contribution in [2.24, 2.45) is 5.92 Å². The molecule has 6 rings (SSSR count). The normalized spacial score (nSPS) is 19.5. The second-order valence-corrected chi connectivity index (χ2v) is 12.0. The molecular formula is C36H37ClN2O10. The topological polar surface area (TPSA) is 142 Å². The third-order valence-corrected chi connectivity index (χ3v) is 8.70. The molecular weight excluding hydrogens is 656 g/mol. The van der Waals surface area contributed by atoms with Gasteiger partial charge in [0.15, 0.2) is 17.3 Å². The number of anilines is 2. The van der Waals surface area contributed by atoms with Crippen molar-refractivity contribution < 1.29 is 47.9 Å². The number of carbonyl (C=O) groups excluding carboxylic acids is 3. The summed E-state index contributed by atoms with van der Waals surface area (Å²) in [7, 11) is 0. The van der Waals surface area contributed by atoms with Gasteiger partial charge in [-0.05, 0) is 86.0 Å². The molecule has 258 valence electrons. The fourth-order valence-electron chi connectivity index (χ4n) is 6.15. The molecule has 12 nitrogen and oxygen atoms in total. The quantitative estimate of drug-likeness (QED) is 0.171. The molecule has 0 radical (unpaired) electrons. The third-order valence-electron chi connectivity index (χ3n) is 8.47. The van der Waals surface area contributed by atoms with Crippen LogP contribution in [0.1, 0.15) is 51.1 Å². The highest BCUT2D eigenvalue weighted by atomic mass is 35.5. The number of nitrogens with one attached hydrogen (secondary N) is 1. The highest BCUT2D eigenvalue weighted by Crippen LogP contribution is 2.43. The molecule has 3 unspecified atom stereocenters. The second-order valence-electron chi connectivity index (χ2n) is 11.6. The number of ether oxygens (including phenoxy) is 6. The van der Waals surface area contributed by atoms with Gasteiger partial charge in [0.2, 0.25) is 13.1 Å². The molecule has 49 heavy (non-hydrogen) atoms. The van der Waals surface area contributed by atoms with E-state index in [9.17, 15) is 14.4 Å². The zero-order chi connectivity index (χ0) is 34.5. The Morgan fingerprint density at radius 1 is 0.959 bits per heavy atom.